The Labute approximate surface area is 188 Å². The molecule has 0 fully saturated rings. The maximum Gasteiger partial charge on any atom is 0.412 e. The fourth-order valence-electron chi connectivity index (χ4n) is 3.75. The molecule has 1 N–H and O–H groups in total. The number of nitrogens with one attached hydrogen (secondary N) is 1. The predicted octanol–water partition coefficient (Wildman–Crippen LogP) is 3.79. The molecule has 0 saturated heterocycles. The largest absolute Gasteiger partial charge is 0.493 e. The van der Waals surface area contributed by atoms with Crippen molar-refractivity contribution in [1.82, 2.24) is 5.32 Å². The second-order valence-electron chi connectivity index (χ2n) is 7.25. The fraction of sp³-hybridized carbons (Fsp3) is 0.375. The van der Waals surface area contributed by atoms with E-state index in [4.69, 9.17) is 28.4 Å². The van der Waals surface area contributed by atoms with Crippen LogP contribution in [0.25, 0.3) is 0 Å². The Morgan fingerprint density at radius 1 is 1.06 bits per heavy atom. The van der Waals surface area contributed by atoms with Crippen LogP contribution in [0.3, 0.4) is 0 Å². The normalized spacial score (nSPS) is 14.4. The molecule has 1 amide bonds. The second-order valence-corrected chi connectivity index (χ2v) is 7.25. The van der Waals surface area contributed by atoms with Gasteiger partial charge in [0.15, 0.2) is 23.0 Å². The van der Waals surface area contributed by atoms with E-state index in [2.05, 4.69) is 11.9 Å². The molecular weight excluding hydrogens is 414 g/mol. The number of carbonyl (C=O) groups excluding carboxylic acids is 1. The van der Waals surface area contributed by atoms with E-state index in [0.717, 1.165) is 23.3 Å². The number of hydrogen-bond acceptors (Lipinski definition) is 7. The molecule has 2 aromatic carbocycles. The van der Waals surface area contributed by atoms with Gasteiger partial charge in [-0.05, 0) is 30.5 Å². The third-order valence-electron chi connectivity index (χ3n) is 5.21. The lowest BCUT2D eigenvalue weighted by Gasteiger charge is -2.28. The quantitative estimate of drug-likeness (QED) is 0.590. The summed E-state index contributed by atoms with van der Waals surface area (Å²) in [6, 6.07) is 7.38. The Morgan fingerprint density at radius 2 is 1.81 bits per heavy atom. The van der Waals surface area contributed by atoms with Crippen LogP contribution in [0, 0.1) is 5.92 Å². The molecule has 172 valence electrons. The molecule has 1 aliphatic rings. The Bertz CT molecular complexity index is 973. The van der Waals surface area contributed by atoms with Gasteiger partial charge in [0.1, 0.15) is 5.75 Å². The van der Waals surface area contributed by atoms with Crippen molar-refractivity contribution >= 4 is 6.09 Å². The average Bonchev–Trinajstić information content (AvgIpc) is 2.81. The van der Waals surface area contributed by atoms with Crippen molar-refractivity contribution < 1.29 is 33.2 Å². The summed E-state index contributed by atoms with van der Waals surface area (Å²) in [4.78, 5) is 12.0. The maximum atomic E-state index is 12.0. The van der Waals surface area contributed by atoms with Gasteiger partial charge in [-0.15, -0.1) is 6.58 Å². The minimum atomic E-state index is -0.568. The molecule has 0 aromatic heterocycles. The van der Waals surface area contributed by atoms with E-state index in [-0.39, 0.29) is 5.92 Å². The van der Waals surface area contributed by atoms with Crippen LogP contribution >= 0.6 is 0 Å². The van der Waals surface area contributed by atoms with Gasteiger partial charge in [-0.1, -0.05) is 12.1 Å². The standard InChI is InChI=1S/C24H29NO7/c1-6-9-25-24(26)32-20-12-15(7-8-18(20)27-2)10-16-11-17-19(31-14-16)13-21(28-3)23(30-5)22(17)29-4/h6-8,12-13,16H,1,9-11,14H2,2-5H3,(H,25,26). The third-order valence-corrected chi connectivity index (χ3v) is 5.21. The summed E-state index contributed by atoms with van der Waals surface area (Å²) in [5.41, 5.74) is 1.93. The number of hydrogen-bond donors (Lipinski definition) is 1. The van der Waals surface area contributed by atoms with E-state index < -0.39 is 6.09 Å². The van der Waals surface area contributed by atoms with Crippen molar-refractivity contribution in [2.45, 2.75) is 12.8 Å². The lowest BCUT2D eigenvalue weighted by atomic mass is 9.90. The molecule has 8 nitrogen and oxygen atoms in total. The highest BCUT2D eigenvalue weighted by molar-refractivity contribution is 5.71. The number of methoxy groups -OCH3 is 4. The van der Waals surface area contributed by atoms with E-state index in [9.17, 15) is 4.79 Å². The number of fused-ring (bicyclic) bond motifs is 1. The zero-order chi connectivity index (χ0) is 23.1. The molecule has 8 heteroatoms. The summed E-state index contributed by atoms with van der Waals surface area (Å²) < 4.78 is 33.3. The molecule has 0 radical (unpaired) electrons. The van der Waals surface area contributed by atoms with Crippen molar-refractivity contribution in [1.29, 1.82) is 0 Å². The molecule has 1 heterocycles. The predicted molar refractivity (Wildman–Crippen MR) is 120 cm³/mol. The summed E-state index contributed by atoms with van der Waals surface area (Å²) in [5.74, 6) is 3.47. The van der Waals surface area contributed by atoms with Crippen molar-refractivity contribution in [3.05, 3.63) is 48.0 Å². The molecule has 0 aliphatic carbocycles. The summed E-state index contributed by atoms with van der Waals surface area (Å²) in [6.07, 6.45) is 2.46. The molecule has 0 spiro atoms. The smallest absolute Gasteiger partial charge is 0.412 e. The lowest BCUT2D eigenvalue weighted by molar-refractivity contribution is 0.199. The molecule has 0 saturated carbocycles. The minimum Gasteiger partial charge on any atom is -0.493 e. The third kappa shape index (κ3) is 5.01. The van der Waals surface area contributed by atoms with E-state index in [1.54, 1.807) is 33.5 Å². The van der Waals surface area contributed by atoms with Crippen molar-refractivity contribution in [2.24, 2.45) is 5.92 Å². The second kappa shape index (κ2) is 10.7. The zero-order valence-corrected chi connectivity index (χ0v) is 18.9. The SMILES string of the molecule is C=CCNC(=O)Oc1cc(CC2COc3cc(OC)c(OC)c(OC)c3C2)ccc1OC. The molecule has 1 atom stereocenters. The van der Waals surface area contributed by atoms with Gasteiger partial charge < -0.3 is 33.7 Å². The van der Waals surface area contributed by atoms with Crippen LogP contribution in [0.1, 0.15) is 11.1 Å². The molecule has 2 aromatic rings. The Kier molecular flexibility index (Phi) is 7.70. The summed E-state index contributed by atoms with van der Waals surface area (Å²) in [6.45, 7) is 4.42. The highest BCUT2D eigenvalue weighted by atomic mass is 16.6. The molecular formula is C24H29NO7. The van der Waals surface area contributed by atoms with Crippen LogP contribution in [0.2, 0.25) is 0 Å². The molecule has 1 aliphatic heterocycles. The molecule has 3 rings (SSSR count). The van der Waals surface area contributed by atoms with Gasteiger partial charge in [0.05, 0.1) is 35.0 Å². The van der Waals surface area contributed by atoms with E-state index in [0.29, 0.717) is 48.3 Å². The first-order valence-corrected chi connectivity index (χ1v) is 10.2. The van der Waals surface area contributed by atoms with Gasteiger partial charge >= 0.3 is 6.09 Å². The van der Waals surface area contributed by atoms with Gasteiger partial charge in [0.2, 0.25) is 5.75 Å². The minimum absolute atomic E-state index is 0.185. The van der Waals surface area contributed by atoms with Crippen LogP contribution in [0.5, 0.6) is 34.5 Å². The van der Waals surface area contributed by atoms with Crippen molar-refractivity contribution in [2.75, 3.05) is 41.6 Å². The van der Waals surface area contributed by atoms with Gasteiger partial charge in [0, 0.05) is 24.1 Å². The fourth-order valence-corrected chi connectivity index (χ4v) is 3.75. The first-order chi connectivity index (χ1) is 15.5. The Hall–Kier alpha value is -3.55. The highest BCUT2D eigenvalue weighted by Gasteiger charge is 2.28. The topological polar surface area (TPSA) is 84.5 Å². The number of ether oxygens (including phenoxy) is 6. The maximum absolute atomic E-state index is 12.0. The van der Waals surface area contributed by atoms with E-state index in [1.807, 2.05) is 18.2 Å². The van der Waals surface area contributed by atoms with Crippen LogP contribution in [-0.4, -0.2) is 47.7 Å². The number of amides is 1. The molecule has 1 unspecified atom stereocenters. The van der Waals surface area contributed by atoms with Crippen LogP contribution in [-0.2, 0) is 12.8 Å². The number of benzene rings is 2. The van der Waals surface area contributed by atoms with Crippen molar-refractivity contribution in [3.8, 4) is 34.5 Å². The lowest BCUT2D eigenvalue weighted by Crippen LogP contribution is -2.27. The van der Waals surface area contributed by atoms with Crippen LogP contribution in [0.4, 0.5) is 4.79 Å². The average molecular weight is 443 g/mol. The zero-order valence-electron chi connectivity index (χ0n) is 18.9. The van der Waals surface area contributed by atoms with Crippen molar-refractivity contribution in [3.63, 3.8) is 0 Å². The highest BCUT2D eigenvalue weighted by Crippen LogP contribution is 2.47. The van der Waals surface area contributed by atoms with Gasteiger partial charge in [-0.2, -0.15) is 0 Å². The molecule has 0 bridgehead atoms. The Balaban J connectivity index is 1.80. The monoisotopic (exact) mass is 443 g/mol. The first kappa shape index (κ1) is 23.1. The van der Waals surface area contributed by atoms with Gasteiger partial charge in [-0.3, -0.25) is 0 Å². The number of rotatable bonds is 9. The first-order valence-electron chi connectivity index (χ1n) is 10.2. The van der Waals surface area contributed by atoms with E-state index >= 15 is 0 Å². The van der Waals surface area contributed by atoms with Gasteiger partial charge in [0.25, 0.3) is 0 Å². The van der Waals surface area contributed by atoms with E-state index in [1.165, 1.54) is 7.11 Å². The Morgan fingerprint density at radius 3 is 2.47 bits per heavy atom. The van der Waals surface area contributed by atoms with Crippen LogP contribution in [0.15, 0.2) is 36.9 Å². The molecule has 32 heavy (non-hydrogen) atoms. The summed E-state index contributed by atoms with van der Waals surface area (Å²) in [7, 11) is 6.30. The summed E-state index contributed by atoms with van der Waals surface area (Å²) >= 11 is 0. The van der Waals surface area contributed by atoms with Crippen LogP contribution < -0.4 is 33.7 Å². The number of carbonyl (C=O) groups is 1. The summed E-state index contributed by atoms with van der Waals surface area (Å²) in [5, 5.41) is 2.59. The van der Waals surface area contributed by atoms with Gasteiger partial charge in [-0.25, -0.2) is 4.79 Å².